The summed E-state index contributed by atoms with van der Waals surface area (Å²) in [7, 11) is 0. The summed E-state index contributed by atoms with van der Waals surface area (Å²) in [6.07, 6.45) is 0. The number of carboxylic acids is 1. The normalized spacial score (nSPS) is 10.6. The van der Waals surface area contributed by atoms with Crippen molar-refractivity contribution in [1.29, 1.82) is 0 Å². The highest BCUT2D eigenvalue weighted by Crippen LogP contribution is 2.31. The minimum absolute atomic E-state index is 0.00223. The molecule has 6 heteroatoms. The SMILES string of the molecule is CC(C)N(C(=O)c1ccc(Br)cc1)c1ccc(Oc2ccccc2)cc1C(=O)O. The van der Waals surface area contributed by atoms with E-state index in [2.05, 4.69) is 15.9 Å². The summed E-state index contributed by atoms with van der Waals surface area (Å²) >= 11 is 3.35. The Morgan fingerprint density at radius 2 is 1.59 bits per heavy atom. The van der Waals surface area contributed by atoms with Gasteiger partial charge in [-0.25, -0.2) is 4.79 Å². The van der Waals surface area contributed by atoms with Gasteiger partial charge in [-0.2, -0.15) is 0 Å². The van der Waals surface area contributed by atoms with Crippen molar-refractivity contribution >= 4 is 33.5 Å². The van der Waals surface area contributed by atoms with E-state index in [1.165, 1.54) is 11.0 Å². The average molecular weight is 454 g/mol. The van der Waals surface area contributed by atoms with Crippen LogP contribution in [0.4, 0.5) is 5.69 Å². The first kappa shape index (κ1) is 20.6. The fraction of sp³-hybridized carbons (Fsp3) is 0.130. The lowest BCUT2D eigenvalue weighted by molar-refractivity contribution is 0.0697. The fourth-order valence-electron chi connectivity index (χ4n) is 2.94. The first-order chi connectivity index (χ1) is 13.9. The second-order valence-electron chi connectivity index (χ2n) is 6.68. The predicted octanol–water partition coefficient (Wildman–Crippen LogP) is 5.99. The molecule has 0 spiro atoms. The highest BCUT2D eigenvalue weighted by atomic mass is 79.9. The minimum atomic E-state index is -1.13. The number of amides is 1. The third-order valence-electron chi connectivity index (χ3n) is 4.26. The van der Waals surface area contributed by atoms with Gasteiger partial charge in [0.15, 0.2) is 0 Å². The second kappa shape index (κ2) is 8.92. The van der Waals surface area contributed by atoms with Crippen molar-refractivity contribution in [3.63, 3.8) is 0 Å². The van der Waals surface area contributed by atoms with E-state index >= 15 is 0 Å². The number of aromatic carboxylic acids is 1. The van der Waals surface area contributed by atoms with Crippen LogP contribution in [0.3, 0.4) is 0 Å². The van der Waals surface area contributed by atoms with E-state index in [0.717, 1.165) is 4.47 Å². The number of nitrogens with zero attached hydrogens (tertiary/aromatic N) is 1. The number of carbonyl (C=O) groups excluding carboxylic acids is 1. The number of anilines is 1. The lowest BCUT2D eigenvalue weighted by Gasteiger charge is -2.28. The van der Waals surface area contributed by atoms with E-state index in [-0.39, 0.29) is 17.5 Å². The number of para-hydroxylation sites is 1. The molecule has 0 aliphatic carbocycles. The van der Waals surface area contributed by atoms with E-state index in [1.54, 1.807) is 48.5 Å². The molecule has 5 nitrogen and oxygen atoms in total. The third-order valence-corrected chi connectivity index (χ3v) is 4.79. The molecular formula is C23H20BrNO4. The van der Waals surface area contributed by atoms with Crippen LogP contribution in [0.5, 0.6) is 11.5 Å². The van der Waals surface area contributed by atoms with Gasteiger partial charge in [0.25, 0.3) is 5.91 Å². The van der Waals surface area contributed by atoms with Gasteiger partial charge in [-0.3, -0.25) is 4.79 Å². The number of halogens is 1. The van der Waals surface area contributed by atoms with Gasteiger partial charge in [-0.1, -0.05) is 34.1 Å². The maximum Gasteiger partial charge on any atom is 0.337 e. The Bertz CT molecular complexity index is 1020. The van der Waals surface area contributed by atoms with Crippen molar-refractivity contribution in [3.05, 3.63) is 88.4 Å². The summed E-state index contributed by atoms with van der Waals surface area (Å²) in [5.41, 5.74) is 0.793. The molecular weight excluding hydrogens is 434 g/mol. The summed E-state index contributed by atoms with van der Waals surface area (Å²) in [6.45, 7) is 3.69. The summed E-state index contributed by atoms with van der Waals surface area (Å²) in [5.74, 6) is -0.417. The lowest BCUT2D eigenvalue weighted by Crippen LogP contribution is -2.38. The van der Waals surface area contributed by atoms with E-state index in [4.69, 9.17) is 4.74 Å². The Morgan fingerprint density at radius 1 is 0.931 bits per heavy atom. The van der Waals surface area contributed by atoms with Crippen LogP contribution >= 0.6 is 15.9 Å². The van der Waals surface area contributed by atoms with Gasteiger partial charge in [0, 0.05) is 16.1 Å². The Morgan fingerprint density at radius 3 is 2.17 bits per heavy atom. The van der Waals surface area contributed by atoms with Crippen molar-refractivity contribution in [3.8, 4) is 11.5 Å². The summed E-state index contributed by atoms with van der Waals surface area (Å²) in [4.78, 5) is 26.6. The summed E-state index contributed by atoms with van der Waals surface area (Å²) in [6, 6.07) is 20.5. The van der Waals surface area contributed by atoms with Crippen molar-refractivity contribution in [2.75, 3.05) is 4.90 Å². The van der Waals surface area contributed by atoms with Crippen LogP contribution in [-0.4, -0.2) is 23.0 Å². The fourth-order valence-corrected chi connectivity index (χ4v) is 3.20. The molecule has 0 heterocycles. The van der Waals surface area contributed by atoms with E-state index in [0.29, 0.717) is 22.7 Å². The largest absolute Gasteiger partial charge is 0.478 e. The quantitative estimate of drug-likeness (QED) is 0.497. The molecule has 0 unspecified atom stereocenters. The molecule has 0 saturated heterocycles. The molecule has 0 fully saturated rings. The van der Waals surface area contributed by atoms with Crippen molar-refractivity contribution in [2.45, 2.75) is 19.9 Å². The topological polar surface area (TPSA) is 66.8 Å². The van der Waals surface area contributed by atoms with Crippen molar-refractivity contribution in [1.82, 2.24) is 0 Å². The Balaban J connectivity index is 2.00. The van der Waals surface area contributed by atoms with E-state index in [9.17, 15) is 14.7 Å². The zero-order valence-electron chi connectivity index (χ0n) is 16.0. The molecule has 1 amide bonds. The molecule has 3 rings (SSSR count). The Labute approximate surface area is 177 Å². The standard InChI is InChI=1S/C23H20BrNO4/c1-15(2)25(22(26)16-8-10-17(24)11-9-16)21-13-12-19(14-20(21)23(27)28)29-18-6-4-3-5-7-18/h3-15H,1-2H3,(H,27,28). The van der Waals surface area contributed by atoms with Crippen molar-refractivity contribution in [2.24, 2.45) is 0 Å². The monoisotopic (exact) mass is 453 g/mol. The van der Waals surface area contributed by atoms with Crippen molar-refractivity contribution < 1.29 is 19.4 Å². The maximum atomic E-state index is 13.1. The molecule has 0 radical (unpaired) electrons. The number of rotatable bonds is 6. The van der Waals surface area contributed by atoms with E-state index < -0.39 is 5.97 Å². The first-order valence-electron chi connectivity index (χ1n) is 9.06. The molecule has 0 aliphatic heterocycles. The van der Waals surface area contributed by atoms with Crippen LogP contribution in [0.15, 0.2) is 77.3 Å². The van der Waals surface area contributed by atoms with Gasteiger partial charge in [-0.15, -0.1) is 0 Å². The van der Waals surface area contributed by atoms with Gasteiger partial charge < -0.3 is 14.7 Å². The molecule has 0 aliphatic rings. The molecule has 0 atom stereocenters. The number of ether oxygens (including phenoxy) is 1. The molecule has 3 aromatic rings. The van der Waals surface area contributed by atoms with Gasteiger partial charge in [-0.05, 0) is 68.4 Å². The number of hydrogen-bond donors (Lipinski definition) is 1. The van der Waals surface area contributed by atoms with Gasteiger partial charge >= 0.3 is 5.97 Å². The first-order valence-corrected chi connectivity index (χ1v) is 9.85. The van der Waals surface area contributed by atoms with Crippen LogP contribution in [0, 0.1) is 0 Å². The van der Waals surface area contributed by atoms with Crippen LogP contribution in [0.1, 0.15) is 34.6 Å². The van der Waals surface area contributed by atoms with Gasteiger partial charge in [0.2, 0.25) is 0 Å². The van der Waals surface area contributed by atoms with Gasteiger partial charge in [0.1, 0.15) is 11.5 Å². The molecule has 0 saturated carbocycles. The minimum Gasteiger partial charge on any atom is -0.478 e. The Kier molecular flexibility index (Phi) is 6.34. The van der Waals surface area contributed by atoms with Crippen LogP contribution in [0.2, 0.25) is 0 Å². The lowest BCUT2D eigenvalue weighted by atomic mass is 10.1. The zero-order valence-corrected chi connectivity index (χ0v) is 17.6. The van der Waals surface area contributed by atoms with E-state index in [1.807, 2.05) is 32.0 Å². The highest BCUT2D eigenvalue weighted by molar-refractivity contribution is 9.10. The maximum absolute atomic E-state index is 13.1. The second-order valence-corrected chi connectivity index (χ2v) is 7.59. The van der Waals surface area contributed by atoms with Gasteiger partial charge in [0.05, 0.1) is 11.3 Å². The number of carboxylic acid groups (broad SMARTS) is 1. The number of hydrogen-bond acceptors (Lipinski definition) is 3. The number of carbonyl (C=O) groups is 2. The molecule has 0 bridgehead atoms. The van der Waals surface area contributed by atoms with Crippen LogP contribution in [0.25, 0.3) is 0 Å². The van der Waals surface area contributed by atoms with Crippen LogP contribution in [-0.2, 0) is 0 Å². The summed E-state index contributed by atoms with van der Waals surface area (Å²) < 4.78 is 6.61. The summed E-state index contributed by atoms with van der Waals surface area (Å²) in [5, 5.41) is 9.78. The molecule has 1 N–H and O–H groups in total. The smallest absolute Gasteiger partial charge is 0.337 e. The molecule has 29 heavy (non-hydrogen) atoms. The Hall–Kier alpha value is -3.12. The molecule has 0 aromatic heterocycles. The average Bonchev–Trinajstić information content (AvgIpc) is 2.70. The third kappa shape index (κ3) is 4.84. The zero-order chi connectivity index (χ0) is 21.0. The van der Waals surface area contributed by atoms with Crippen LogP contribution < -0.4 is 9.64 Å². The molecule has 3 aromatic carbocycles. The molecule has 148 valence electrons. The number of benzene rings is 3. The predicted molar refractivity (Wildman–Crippen MR) is 116 cm³/mol. The highest BCUT2D eigenvalue weighted by Gasteiger charge is 2.26.